The Balaban J connectivity index is 2.37. The molecule has 2 amide bonds. The second kappa shape index (κ2) is 11.5. The molecule has 0 heterocycles. The number of carbonyl (C=O) groups is 2. The minimum Gasteiger partial charge on any atom is -0.493 e. The van der Waals surface area contributed by atoms with Gasteiger partial charge in [0.25, 0.3) is 5.91 Å². The first-order valence-corrected chi connectivity index (χ1v) is 8.50. The highest BCUT2D eigenvalue weighted by atomic mass is 16.5. The molecular weight excluding hydrogens is 292 g/mol. The molecule has 128 valence electrons. The molecule has 0 saturated carbocycles. The summed E-state index contributed by atoms with van der Waals surface area (Å²) in [5, 5.41) is 0. The van der Waals surface area contributed by atoms with Crippen LogP contribution in [0, 0.1) is 0 Å². The summed E-state index contributed by atoms with van der Waals surface area (Å²) in [6, 6.07) is 7.01. The van der Waals surface area contributed by atoms with Crippen LogP contribution in [0.3, 0.4) is 0 Å². The number of nitrogens with one attached hydrogen (secondary N) is 2. The summed E-state index contributed by atoms with van der Waals surface area (Å²) in [7, 11) is 0. The summed E-state index contributed by atoms with van der Waals surface area (Å²) in [4.78, 5) is 23.9. The Labute approximate surface area is 138 Å². The molecular formula is C18H28N2O3. The molecule has 0 radical (unpaired) electrons. The molecule has 0 saturated heterocycles. The maximum atomic E-state index is 12.1. The van der Waals surface area contributed by atoms with E-state index in [9.17, 15) is 9.59 Å². The topological polar surface area (TPSA) is 67.4 Å². The number of rotatable bonds is 10. The van der Waals surface area contributed by atoms with Gasteiger partial charge in [0.05, 0.1) is 12.2 Å². The number of carbonyl (C=O) groups excluding carboxylic acids is 2. The van der Waals surface area contributed by atoms with Gasteiger partial charge in [-0.15, -0.1) is 0 Å². The molecule has 5 nitrogen and oxygen atoms in total. The highest BCUT2D eigenvalue weighted by Crippen LogP contribution is 2.17. The normalized spacial score (nSPS) is 10.2. The van der Waals surface area contributed by atoms with E-state index in [0.717, 1.165) is 25.7 Å². The van der Waals surface area contributed by atoms with Crippen molar-refractivity contribution in [3.63, 3.8) is 0 Å². The maximum absolute atomic E-state index is 12.1. The summed E-state index contributed by atoms with van der Waals surface area (Å²) in [5.41, 5.74) is 5.33. The molecule has 0 atom stereocenters. The van der Waals surface area contributed by atoms with E-state index in [4.69, 9.17) is 4.74 Å². The molecule has 1 rings (SSSR count). The minimum atomic E-state index is -0.365. The number of hydrogen-bond donors (Lipinski definition) is 2. The Morgan fingerprint density at radius 1 is 0.957 bits per heavy atom. The first kappa shape index (κ1) is 19.0. The number of hydrogen-bond acceptors (Lipinski definition) is 3. The Kier molecular flexibility index (Phi) is 9.52. The van der Waals surface area contributed by atoms with E-state index in [0.29, 0.717) is 24.3 Å². The number of hydrazine groups is 1. The molecule has 0 fully saturated rings. The van der Waals surface area contributed by atoms with Gasteiger partial charge in [0.1, 0.15) is 5.75 Å². The van der Waals surface area contributed by atoms with Gasteiger partial charge in [0.15, 0.2) is 0 Å². The van der Waals surface area contributed by atoms with Crippen LogP contribution < -0.4 is 15.6 Å². The smallest absolute Gasteiger partial charge is 0.273 e. The third-order valence-corrected chi connectivity index (χ3v) is 3.42. The van der Waals surface area contributed by atoms with E-state index < -0.39 is 0 Å². The van der Waals surface area contributed by atoms with Crippen LogP contribution in [0.25, 0.3) is 0 Å². The van der Waals surface area contributed by atoms with E-state index in [1.807, 2.05) is 13.0 Å². The van der Waals surface area contributed by atoms with Crippen LogP contribution in [-0.2, 0) is 4.79 Å². The van der Waals surface area contributed by atoms with Crippen molar-refractivity contribution in [3.05, 3.63) is 29.8 Å². The summed E-state index contributed by atoms with van der Waals surface area (Å²) < 4.78 is 5.54. The number of amides is 2. The molecule has 23 heavy (non-hydrogen) atoms. The lowest BCUT2D eigenvalue weighted by Crippen LogP contribution is -2.41. The standard InChI is InChI=1S/C18H28N2O3/c1-3-5-6-7-8-13-17(21)19-20-18(22)15-11-9-10-12-16(15)23-14-4-2/h9-12H,3-8,13-14H2,1-2H3,(H,19,21)(H,20,22). The Bertz CT molecular complexity index is 489. The van der Waals surface area contributed by atoms with Crippen molar-refractivity contribution in [1.29, 1.82) is 0 Å². The van der Waals surface area contributed by atoms with Crippen molar-refractivity contribution in [1.82, 2.24) is 10.9 Å². The van der Waals surface area contributed by atoms with Crippen LogP contribution >= 0.6 is 0 Å². The summed E-state index contributed by atoms with van der Waals surface area (Å²) in [6.45, 7) is 4.71. The average Bonchev–Trinajstić information content (AvgIpc) is 2.58. The zero-order valence-corrected chi connectivity index (χ0v) is 14.2. The quantitative estimate of drug-likeness (QED) is 0.511. The van der Waals surface area contributed by atoms with Gasteiger partial charge in [-0.3, -0.25) is 20.4 Å². The van der Waals surface area contributed by atoms with Crippen molar-refractivity contribution >= 4 is 11.8 Å². The molecule has 1 aromatic rings. The predicted octanol–water partition coefficient (Wildman–Crippen LogP) is 3.60. The predicted molar refractivity (Wildman–Crippen MR) is 91.2 cm³/mol. The summed E-state index contributed by atoms with van der Waals surface area (Å²) >= 11 is 0. The fourth-order valence-corrected chi connectivity index (χ4v) is 2.14. The molecule has 0 aliphatic heterocycles. The molecule has 0 aromatic heterocycles. The zero-order chi connectivity index (χ0) is 16.9. The lowest BCUT2D eigenvalue weighted by Gasteiger charge is -2.11. The van der Waals surface area contributed by atoms with Gasteiger partial charge in [-0.25, -0.2) is 0 Å². The van der Waals surface area contributed by atoms with E-state index in [-0.39, 0.29) is 11.8 Å². The second-order valence-corrected chi connectivity index (χ2v) is 5.51. The van der Waals surface area contributed by atoms with Crippen LogP contribution in [0.5, 0.6) is 5.75 Å². The van der Waals surface area contributed by atoms with E-state index in [1.165, 1.54) is 12.8 Å². The van der Waals surface area contributed by atoms with E-state index in [1.54, 1.807) is 18.2 Å². The third-order valence-electron chi connectivity index (χ3n) is 3.42. The number of benzene rings is 1. The van der Waals surface area contributed by atoms with Gasteiger partial charge in [0.2, 0.25) is 5.91 Å². The molecule has 1 aromatic carbocycles. The number of unbranched alkanes of at least 4 members (excludes halogenated alkanes) is 4. The van der Waals surface area contributed by atoms with Crippen molar-refractivity contribution in [2.75, 3.05) is 6.61 Å². The van der Waals surface area contributed by atoms with Crippen molar-refractivity contribution in [3.8, 4) is 5.75 Å². The first-order chi connectivity index (χ1) is 11.2. The van der Waals surface area contributed by atoms with Crippen molar-refractivity contribution in [2.45, 2.75) is 58.8 Å². The monoisotopic (exact) mass is 320 g/mol. The third kappa shape index (κ3) is 7.68. The highest BCUT2D eigenvalue weighted by molar-refractivity contribution is 5.97. The molecule has 0 unspecified atom stereocenters. The van der Waals surface area contributed by atoms with Crippen LogP contribution in [0.15, 0.2) is 24.3 Å². The molecule has 0 spiro atoms. The fourth-order valence-electron chi connectivity index (χ4n) is 2.14. The Morgan fingerprint density at radius 2 is 1.70 bits per heavy atom. The summed E-state index contributed by atoms with van der Waals surface area (Å²) in [5.74, 6) is -0.00138. The minimum absolute atomic E-state index is 0.165. The van der Waals surface area contributed by atoms with Crippen LogP contribution in [0.2, 0.25) is 0 Å². The van der Waals surface area contributed by atoms with Crippen LogP contribution in [0.1, 0.15) is 69.2 Å². The van der Waals surface area contributed by atoms with Crippen LogP contribution in [0.4, 0.5) is 0 Å². The van der Waals surface area contributed by atoms with Gasteiger partial charge in [-0.05, 0) is 25.0 Å². The van der Waals surface area contributed by atoms with Crippen molar-refractivity contribution < 1.29 is 14.3 Å². The largest absolute Gasteiger partial charge is 0.493 e. The van der Waals surface area contributed by atoms with E-state index in [2.05, 4.69) is 17.8 Å². The molecule has 0 aliphatic carbocycles. The van der Waals surface area contributed by atoms with Crippen LogP contribution in [-0.4, -0.2) is 18.4 Å². The van der Waals surface area contributed by atoms with Gasteiger partial charge in [-0.2, -0.15) is 0 Å². The fraction of sp³-hybridized carbons (Fsp3) is 0.556. The Morgan fingerprint density at radius 3 is 2.43 bits per heavy atom. The number of para-hydroxylation sites is 1. The maximum Gasteiger partial charge on any atom is 0.273 e. The zero-order valence-electron chi connectivity index (χ0n) is 14.2. The second-order valence-electron chi connectivity index (χ2n) is 5.51. The van der Waals surface area contributed by atoms with Gasteiger partial charge < -0.3 is 4.74 Å². The van der Waals surface area contributed by atoms with Gasteiger partial charge in [0, 0.05) is 6.42 Å². The lowest BCUT2D eigenvalue weighted by atomic mass is 10.1. The Hall–Kier alpha value is -2.04. The number of ether oxygens (including phenoxy) is 1. The average molecular weight is 320 g/mol. The highest BCUT2D eigenvalue weighted by Gasteiger charge is 2.12. The molecule has 5 heteroatoms. The van der Waals surface area contributed by atoms with Gasteiger partial charge in [-0.1, -0.05) is 51.7 Å². The van der Waals surface area contributed by atoms with E-state index >= 15 is 0 Å². The molecule has 2 N–H and O–H groups in total. The van der Waals surface area contributed by atoms with Crippen molar-refractivity contribution in [2.24, 2.45) is 0 Å². The lowest BCUT2D eigenvalue weighted by molar-refractivity contribution is -0.122. The summed E-state index contributed by atoms with van der Waals surface area (Å²) in [6.07, 6.45) is 6.72. The molecule has 0 aliphatic rings. The first-order valence-electron chi connectivity index (χ1n) is 8.50. The molecule has 0 bridgehead atoms. The SMILES string of the molecule is CCCCCCCC(=O)NNC(=O)c1ccccc1OCCC. The van der Waals surface area contributed by atoms with Gasteiger partial charge >= 0.3 is 0 Å².